The smallest absolute Gasteiger partial charge is 0.246 e. The van der Waals surface area contributed by atoms with Crippen LogP contribution in [0.5, 0.6) is 5.75 Å². The molecule has 0 fully saturated rings. The summed E-state index contributed by atoms with van der Waals surface area (Å²) in [5, 5.41) is 13.5. The summed E-state index contributed by atoms with van der Waals surface area (Å²) in [7, 11) is 1.59. The van der Waals surface area contributed by atoms with Crippen molar-refractivity contribution in [2.45, 2.75) is 13.0 Å². The van der Waals surface area contributed by atoms with Crippen LogP contribution in [0.1, 0.15) is 24.1 Å². The summed E-state index contributed by atoms with van der Waals surface area (Å²) in [4.78, 5) is 13.0. The van der Waals surface area contributed by atoms with Crippen molar-refractivity contribution in [3.63, 3.8) is 0 Å². The summed E-state index contributed by atoms with van der Waals surface area (Å²) in [6, 6.07) is 14.0. The predicted octanol–water partition coefficient (Wildman–Crippen LogP) is 2.95. The minimum Gasteiger partial charge on any atom is -0.497 e. The van der Waals surface area contributed by atoms with Crippen LogP contribution in [0.3, 0.4) is 0 Å². The van der Waals surface area contributed by atoms with E-state index in [0.29, 0.717) is 36.8 Å². The molecule has 5 N–H and O–H groups in total. The highest BCUT2D eigenvalue weighted by molar-refractivity contribution is 6.08. The SMILES string of the molecule is CCOCCNC(C(=O)Nc1ccc(/C(C=N)=C/N)cc1)c1cccc(OC)c1. The Bertz CT molecular complexity index is 834. The van der Waals surface area contributed by atoms with Gasteiger partial charge in [0.15, 0.2) is 0 Å². The van der Waals surface area contributed by atoms with Crippen LogP contribution < -0.4 is 21.1 Å². The summed E-state index contributed by atoms with van der Waals surface area (Å²) >= 11 is 0. The van der Waals surface area contributed by atoms with Gasteiger partial charge in [0.1, 0.15) is 11.8 Å². The lowest BCUT2D eigenvalue weighted by atomic mass is 10.0. The van der Waals surface area contributed by atoms with Gasteiger partial charge in [-0.05, 0) is 42.3 Å². The number of nitrogens with two attached hydrogens (primary N) is 1. The molecule has 154 valence electrons. The van der Waals surface area contributed by atoms with Crippen LogP contribution in [0, 0.1) is 5.41 Å². The normalized spacial score (nSPS) is 12.3. The van der Waals surface area contributed by atoms with Crippen molar-refractivity contribution in [2.75, 3.05) is 32.2 Å². The van der Waals surface area contributed by atoms with Gasteiger partial charge >= 0.3 is 0 Å². The van der Waals surface area contributed by atoms with E-state index in [2.05, 4.69) is 10.6 Å². The molecule has 7 nitrogen and oxygen atoms in total. The summed E-state index contributed by atoms with van der Waals surface area (Å²) in [5.74, 6) is 0.494. The van der Waals surface area contributed by atoms with E-state index in [0.717, 1.165) is 11.1 Å². The van der Waals surface area contributed by atoms with Crippen LogP contribution in [0.25, 0.3) is 5.57 Å². The van der Waals surface area contributed by atoms with Crippen LogP contribution in [-0.2, 0) is 9.53 Å². The third-order valence-corrected chi connectivity index (χ3v) is 4.31. The number of hydrogen-bond acceptors (Lipinski definition) is 6. The van der Waals surface area contributed by atoms with Gasteiger partial charge in [-0.15, -0.1) is 0 Å². The van der Waals surface area contributed by atoms with Gasteiger partial charge in [-0.3, -0.25) is 10.1 Å². The number of amides is 1. The molecule has 29 heavy (non-hydrogen) atoms. The molecule has 0 aromatic heterocycles. The molecular formula is C22H28N4O3. The Morgan fingerprint density at radius 2 is 2.00 bits per heavy atom. The lowest BCUT2D eigenvalue weighted by molar-refractivity contribution is -0.118. The molecule has 7 heteroatoms. The Hall–Kier alpha value is -3.16. The molecular weight excluding hydrogens is 368 g/mol. The molecule has 0 spiro atoms. The minimum atomic E-state index is -0.564. The predicted molar refractivity (Wildman–Crippen MR) is 116 cm³/mol. The van der Waals surface area contributed by atoms with Crippen molar-refractivity contribution in [1.82, 2.24) is 5.32 Å². The van der Waals surface area contributed by atoms with E-state index in [1.807, 2.05) is 43.3 Å². The second-order valence-electron chi connectivity index (χ2n) is 6.19. The minimum absolute atomic E-state index is 0.191. The maximum Gasteiger partial charge on any atom is 0.246 e. The van der Waals surface area contributed by atoms with E-state index in [1.165, 1.54) is 12.4 Å². The number of ether oxygens (including phenoxy) is 2. The summed E-state index contributed by atoms with van der Waals surface area (Å²) in [5.41, 5.74) is 8.38. The lowest BCUT2D eigenvalue weighted by Gasteiger charge is -2.19. The van der Waals surface area contributed by atoms with E-state index in [4.69, 9.17) is 20.6 Å². The Kier molecular flexibility index (Phi) is 8.88. The van der Waals surface area contributed by atoms with Crippen molar-refractivity contribution >= 4 is 23.4 Å². The van der Waals surface area contributed by atoms with Gasteiger partial charge in [0, 0.05) is 36.8 Å². The van der Waals surface area contributed by atoms with Crippen molar-refractivity contribution in [1.29, 1.82) is 5.41 Å². The fraction of sp³-hybridized carbons (Fsp3) is 0.273. The molecule has 0 aliphatic rings. The molecule has 0 heterocycles. The lowest BCUT2D eigenvalue weighted by Crippen LogP contribution is -2.35. The van der Waals surface area contributed by atoms with Gasteiger partial charge in [-0.1, -0.05) is 24.3 Å². The average Bonchev–Trinajstić information content (AvgIpc) is 2.75. The van der Waals surface area contributed by atoms with Gasteiger partial charge in [0.2, 0.25) is 5.91 Å². The van der Waals surface area contributed by atoms with Gasteiger partial charge in [0.05, 0.1) is 13.7 Å². The fourth-order valence-electron chi connectivity index (χ4n) is 2.79. The van der Waals surface area contributed by atoms with E-state index < -0.39 is 6.04 Å². The molecule has 0 radical (unpaired) electrons. The first-order valence-corrected chi connectivity index (χ1v) is 9.41. The van der Waals surface area contributed by atoms with Gasteiger partial charge in [0.25, 0.3) is 0 Å². The number of carbonyl (C=O) groups excluding carboxylic acids is 1. The van der Waals surface area contributed by atoms with Gasteiger partial charge in [-0.25, -0.2) is 0 Å². The molecule has 2 aromatic carbocycles. The van der Waals surface area contributed by atoms with Crippen molar-refractivity contribution < 1.29 is 14.3 Å². The van der Waals surface area contributed by atoms with Crippen LogP contribution in [0.15, 0.2) is 54.7 Å². The van der Waals surface area contributed by atoms with Crippen molar-refractivity contribution in [3.05, 3.63) is 65.9 Å². The second-order valence-corrected chi connectivity index (χ2v) is 6.19. The van der Waals surface area contributed by atoms with E-state index >= 15 is 0 Å². The van der Waals surface area contributed by atoms with Crippen LogP contribution in [0.4, 0.5) is 5.69 Å². The number of hydrogen-bond donors (Lipinski definition) is 4. The molecule has 1 atom stereocenters. The number of rotatable bonds is 11. The molecule has 2 rings (SSSR count). The van der Waals surface area contributed by atoms with E-state index in [-0.39, 0.29) is 5.91 Å². The Morgan fingerprint density at radius 3 is 2.62 bits per heavy atom. The van der Waals surface area contributed by atoms with Crippen molar-refractivity contribution in [2.24, 2.45) is 5.73 Å². The molecule has 0 aliphatic carbocycles. The highest BCUT2D eigenvalue weighted by Gasteiger charge is 2.21. The number of benzene rings is 2. The number of carbonyl (C=O) groups is 1. The van der Waals surface area contributed by atoms with Crippen LogP contribution >= 0.6 is 0 Å². The first-order chi connectivity index (χ1) is 14.1. The fourth-order valence-corrected chi connectivity index (χ4v) is 2.79. The third kappa shape index (κ3) is 6.44. The van der Waals surface area contributed by atoms with E-state index in [1.54, 1.807) is 19.2 Å². The average molecular weight is 396 g/mol. The first kappa shape index (κ1) is 22.1. The van der Waals surface area contributed by atoms with Crippen LogP contribution in [0.2, 0.25) is 0 Å². The number of allylic oxidation sites excluding steroid dienone is 1. The standard InChI is InChI=1S/C22H28N4O3/c1-3-29-12-11-25-21(17-5-4-6-20(13-17)28-2)22(27)26-19-9-7-16(8-10-19)18(14-23)15-24/h4-10,13-15,21,23,25H,3,11-12,24H2,1-2H3,(H,26,27)/b18-15+,23-14?. The molecule has 0 bridgehead atoms. The van der Waals surface area contributed by atoms with Crippen molar-refractivity contribution in [3.8, 4) is 5.75 Å². The molecule has 1 amide bonds. The third-order valence-electron chi connectivity index (χ3n) is 4.31. The van der Waals surface area contributed by atoms with Crippen LogP contribution in [-0.4, -0.2) is 39.0 Å². The number of anilines is 1. The molecule has 0 saturated heterocycles. The number of methoxy groups -OCH3 is 1. The first-order valence-electron chi connectivity index (χ1n) is 9.41. The summed E-state index contributed by atoms with van der Waals surface area (Å²) in [6.07, 6.45) is 2.57. The monoisotopic (exact) mass is 396 g/mol. The molecule has 0 aliphatic heterocycles. The Morgan fingerprint density at radius 1 is 1.24 bits per heavy atom. The van der Waals surface area contributed by atoms with E-state index in [9.17, 15) is 4.79 Å². The summed E-state index contributed by atoms with van der Waals surface area (Å²) < 4.78 is 10.7. The Balaban J connectivity index is 2.16. The number of nitrogens with one attached hydrogen (secondary N) is 3. The highest BCUT2D eigenvalue weighted by atomic mass is 16.5. The zero-order chi connectivity index (χ0) is 21.1. The summed E-state index contributed by atoms with van der Waals surface area (Å²) in [6.45, 7) is 3.60. The zero-order valence-electron chi connectivity index (χ0n) is 16.8. The van der Waals surface area contributed by atoms with Gasteiger partial charge < -0.3 is 25.9 Å². The van der Waals surface area contributed by atoms with Gasteiger partial charge in [-0.2, -0.15) is 0 Å². The topological polar surface area (TPSA) is 109 Å². The zero-order valence-corrected chi connectivity index (χ0v) is 16.8. The maximum atomic E-state index is 13.0. The maximum absolute atomic E-state index is 13.0. The second kappa shape index (κ2) is 11.6. The highest BCUT2D eigenvalue weighted by Crippen LogP contribution is 2.22. The molecule has 2 aromatic rings. The Labute approximate surface area is 171 Å². The molecule has 0 saturated carbocycles. The quantitative estimate of drug-likeness (QED) is 0.345. The largest absolute Gasteiger partial charge is 0.497 e. The molecule has 1 unspecified atom stereocenters.